The molecule has 1 aliphatic carbocycles. The molecule has 5 heteroatoms. The van der Waals surface area contributed by atoms with Gasteiger partial charge in [-0.25, -0.2) is 9.97 Å². The van der Waals surface area contributed by atoms with Crippen LogP contribution in [0.1, 0.15) is 29.9 Å². The van der Waals surface area contributed by atoms with Crippen LogP contribution in [-0.2, 0) is 0 Å². The smallest absolute Gasteiger partial charge is 0.167 e. The van der Waals surface area contributed by atoms with Crippen LogP contribution in [0.4, 0.5) is 5.82 Å². The Morgan fingerprint density at radius 3 is 2.67 bits per heavy atom. The van der Waals surface area contributed by atoms with E-state index < -0.39 is 0 Å². The highest BCUT2D eigenvalue weighted by molar-refractivity contribution is 5.62. The van der Waals surface area contributed by atoms with Crippen molar-refractivity contribution in [1.82, 2.24) is 15.1 Å². The molecule has 18 heavy (non-hydrogen) atoms. The molecular weight excluding hydrogens is 228 g/mol. The molecule has 0 atom stereocenters. The molecule has 2 heterocycles. The third-order valence-corrected chi connectivity index (χ3v) is 3.15. The van der Waals surface area contributed by atoms with Crippen LogP contribution in [0.3, 0.4) is 0 Å². The first-order valence-electron chi connectivity index (χ1n) is 6.18. The molecule has 3 rings (SSSR count). The van der Waals surface area contributed by atoms with Gasteiger partial charge >= 0.3 is 0 Å². The van der Waals surface area contributed by atoms with Gasteiger partial charge in [0.1, 0.15) is 11.6 Å². The summed E-state index contributed by atoms with van der Waals surface area (Å²) in [6.07, 6.45) is 4.30. The van der Waals surface area contributed by atoms with Crippen LogP contribution in [0, 0.1) is 20.8 Å². The summed E-state index contributed by atoms with van der Waals surface area (Å²) in [6.45, 7) is 5.80. The zero-order valence-electron chi connectivity index (χ0n) is 10.8. The third kappa shape index (κ3) is 1.96. The number of aryl methyl sites for hydroxylation is 3. The molecule has 1 aliphatic rings. The zero-order chi connectivity index (χ0) is 12.7. The molecule has 0 unspecified atom stereocenters. The number of hydrogen-bond donors (Lipinski definition) is 1. The number of nitrogens with zero attached hydrogens (tertiary/aromatic N) is 3. The van der Waals surface area contributed by atoms with Crippen LogP contribution in [0.25, 0.3) is 11.4 Å². The fraction of sp³-hybridized carbons (Fsp3) is 0.462. The van der Waals surface area contributed by atoms with E-state index in [9.17, 15) is 0 Å². The number of hydrogen-bond acceptors (Lipinski definition) is 5. The van der Waals surface area contributed by atoms with Crippen molar-refractivity contribution in [1.29, 1.82) is 0 Å². The molecule has 0 bridgehead atoms. The minimum Gasteiger partial charge on any atom is -0.367 e. The van der Waals surface area contributed by atoms with Crippen LogP contribution in [0.15, 0.2) is 10.7 Å². The molecule has 0 radical (unpaired) electrons. The second-order valence-corrected chi connectivity index (χ2v) is 4.84. The van der Waals surface area contributed by atoms with Gasteiger partial charge in [0.2, 0.25) is 0 Å². The van der Waals surface area contributed by atoms with Gasteiger partial charge in [-0.15, -0.1) is 0 Å². The molecule has 1 saturated carbocycles. The largest absolute Gasteiger partial charge is 0.367 e. The maximum absolute atomic E-state index is 5.16. The van der Waals surface area contributed by atoms with E-state index in [-0.39, 0.29) is 0 Å². The summed E-state index contributed by atoms with van der Waals surface area (Å²) in [5.74, 6) is 2.36. The number of anilines is 1. The van der Waals surface area contributed by atoms with Crippen molar-refractivity contribution >= 4 is 5.82 Å². The Morgan fingerprint density at radius 1 is 1.28 bits per heavy atom. The van der Waals surface area contributed by atoms with E-state index in [1.54, 1.807) is 0 Å². The fourth-order valence-electron chi connectivity index (χ4n) is 1.93. The number of rotatable bonds is 3. The van der Waals surface area contributed by atoms with E-state index in [2.05, 4.69) is 20.4 Å². The van der Waals surface area contributed by atoms with E-state index in [4.69, 9.17) is 4.52 Å². The SMILES string of the molecule is Cc1cnc(-c2c(C)noc2C)nc1NC1CC1. The molecule has 2 aromatic heterocycles. The van der Waals surface area contributed by atoms with Gasteiger partial charge in [-0.2, -0.15) is 0 Å². The molecule has 0 amide bonds. The van der Waals surface area contributed by atoms with Crippen LogP contribution >= 0.6 is 0 Å². The molecule has 1 fully saturated rings. The quantitative estimate of drug-likeness (QED) is 0.899. The molecular formula is C13H16N4O. The lowest BCUT2D eigenvalue weighted by Crippen LogP contribution is -2.06. The van der Waals surface area contributed by atoms with Gasteiger partial charge in [-0.3, -0.25) is 0 Å². The molecule has 5 nitrogen and oxygen atoms in total. The molecule has 2 aromatic rings. The van der Waals surface area contributed by atoms with Crippen molar-refractivity contribution in [2.75, 3.05) is 5.32 Å². The molecule has 0 aliphatic heterocycles. The summed E-state index contributed by atoms with van der Waals surface area (Å²) in [4.78, 5) is 8.97. The molecule has 0 spiro atoms. The number of aromatic nitrogens is 3. The van der Waals surface area contributed by atoms with Gasteiger partial charge in [-0.05, 0) is 33.6 Å². The highest BCUT2D eigenvalue weighted by Crippen LogP contribution is 2.28. The summed E-state index contributed by atoms with van der Waals surface area (Å²) in [6, 6.07) is 0.580. The van der Waals surface area contributed by atoms with Crippen LogP contribution in [0.5, 0.6) is 0 Å². The van der Waals surface area contributed by atoms with Crippen molar-refractivity contribution in [2.45, 2.75) is 39.7 Å². The first-order valence-corrected chi connectivity index (χ1v) is 6.18. The average Bonchev–Trinajstić information content (AvgIpc) is 3.09. The Labute approximate surface area is 106 Å². The van der Waals surface area contributed by atoms with Crippen LogP contribution in [0.2, 0.25) is 0 Å². The lowest BCUT2D eigenvalue weighted by atomic mass is 10.2. The highest BCUT2D eigenvalue weighted by Gasteiger charge is 2.23. The maximum atomic E-state index is 5.16. The Bertz CT molecular complexity index is 567. The molecule has 94 valence electrons. The average molecular weight is 244 g/mol. The minimum absolute atomic E-state index is 0.580. The monoisotopic (exact) mass is 244 g/mol. The van der Waals surface area contributed by atoms with E-state index in [0.717, 1.165) is 28.4 Å². The highest BCUT2D eigenvalue weighted by atomic mass is 16.5. The van der Waals surface area contributed by atoms with Crippen molar-refractivity contribution in [2.24, 2.45) is 0 Å². The van der Waals surface area contributed by atoms with Crippen molar-refractivity contribution < 1.29 is 4.52 Å². The van der Waals surface area contributed by atoms with Crippen LogP contribution < -0.4 is 5.32 Å². The predicted molar refractivity (Wildman–Crippen MR) is 68.4 cm³/mol. The van der Waals surface area contributed by atoms with Crippen molar-refractivity contribution in [3.05, 3.63) is 23.2 Å². The Morgan fingerprint density at radius 2 is 2.06 bits per heavy atom. The van der Waals surface area contributed by atoms with E-state index in [0.29, 0.717) is 11.9 Å². The lowest BCUT2D eigenvalue weighted by Gasteiger charge is -2.08. The van der Waals surface area contributed by atoms with E-state index in [1.165, 1.54) is 12.8 Å². The second kappa shape index (κ2) is 4.08. The van der Waals surface area contributed by atoms with E-state index in [1.807, 2.05) is 27.0 Å². The standard InChI is InChI=1S/C13H16N4O/c1-7-6-14-13(11-8(2)17-18-9(11)3)16-12(7)15-10-4-5-10/h6,10H,4-5H2,1-3H3,(H,14,15,16). The molecule has 1 N–H and O–H groups in total. The normalized spacial score (nSPS) is 14.8. The summed E-state index contributed by atoms with van der Waals surface area (Å²) in [7, 11) is 0. The van der Waals surface area contributed by atoms with Gasteiger partial charge in [0.05, 0.1) is 11.3 Å². The summed E-state index contributed by atoms with van der Waals surface area (Å²) >= 11 is 0. The first-order chi connectivity index (χ1) is 8.65. The second-order valence-electron chi connectivity index (χ2n) is 4.84. The Hall–Kier alpha value is -1.91. The molecule has 0 aromatic carbocycles. The van der Waals surface area contributed by atoms with Gasteiger partial charge < -0.3 is 9.84 Å². The van der Waals surface area contributed by atoms with E-state index >= 15 is 0 Å². The summed E-state index contributed by atoms with van der Waals surface area (Å²) in [5.41, 5.74) is 2.79. The fourth-order valence-corrected chi connectivity index (χ4v) is 1.93. The lowest BCUT2D eigenvalue weighted by molar-refractivity contribution is 0.393. The van der Waals surface area contributed by atoms with Gasteiger partial charge in [0.15, 0.2) is 5.82 Å². The third-order valence-electron chi connectivity index (χ3n) is 3.15. The maximum Gasteiger partial charge on any atom is 0.167 e. The van der Waals surface area contributed by atoms with Gasteiger partial charge in [0.25, 0.3) is 0 Å². The van der Waals surface area contributed by atoms with Gasteiger partial charge in [0, 0.05) is 17.8 Å². The van der Waals surface area contributed by atoms with Crippen molar-refractivity contribution in [3.63, 3.8) is 0 Å². The summed E-state index contributed by atoms with van der Waals surface area (Å²) < 4.78 is 5.16. The topological polar surface area (TPSA) is 63.8 Å². The number of nitrogens with one attached hydrogen (secondary N) is 1. The Kier molecular flexibility index (Phi) is 2.54. The van der Waals surface area contributed by atoms with Gasteiger partial charge in [-0.1, -0.05) is 5.16 Å². The predicted octanol–water partition coefficient (Wildman–Crippen LogP) is 2.63. The summed E-state index contributed by atoms with van der Waals surface area (Å²) in [5, 5.41) is 7.37. The zero-order valence-corrected chi connectivity index (χ0v) is 10.8. The molecule has 0 saturated heterocycles. The minimum atomic E-state index is 0.580. The Balaban J connectivity index is 2.02. The van der Waals surface area contributed by atoms with Crippen molar-refractivity contribution in [3.8, 4) is 11.4 Å². The van der Waals surface area contributed by atoms with Crippen LogP contribution in [-0.4, -0.2) is 21.2 Å². The first kappa shape index (κ1) is 11.2.